The molecule has 1 N–H and O–H groups in total. The molecule has 0 spiro atoms. The summed E-state index contributed by atoms with van der Waals surface area (Å²) >= 11 is 1.40. The van der Waals surface area contributed by atoms with Gasteiger partial charge in [-0.1, -0.05) is 6.07 Å². The van der Waals surface area contributed by atoms with E-state index in [2.05, 4.69) is 15.3 Å². The minimum absolute atomic E-state index is 0.0508. The van der Waals surface area contributed by atoms with Crippen molar-refractivity contribution in [2.45, 2.75) is 19.6 Å². The topological polar surface area (TPSA) is 98.6 Å². The van der Waals surface area contributed by atoms with Gasteiger partial charge in [0.05, 0.1) is 27.4 Å². The number of carbonyl (C=O) groups excluding carboxylic acids is 1. The van der Waals surface area contributed by atoms with Crippen molar-refractivity contribution in [2.75, 3.05) is 25.0 Å². The van der Waals surface area contributed by atoms with Crippen LogP contribution < -0.4 is 20.3 Å². The van der Waals surface area contributed by atoms with Gasteiger partial charge in [0.15, 0.2) is 11.6 Å². The number of halogens is 3. The molecule has 6 aromatic rings. The molecule has 0 bridgehead atoms. The van der Waals surface area contributed by atoms with Gasteiger partial charge < -0.3 is 14.8 Å². The molecule has 5 heterocycles. The summed E-state index contributed by atoms with van der Waals surface area (Å²) in [7, 11) is 0. The van der Waals surface area contributed by atoms with Crippen LogP contribution in [-0.4, -0.2) is 51.2 Å². The van der Waals surface area contributed by atoms with Crippen molar-refractivity contribution < 1.29 is 27.4 Å². The molecule has 7 rings (SSSR count). The minimum Gasteiger partial charge on any atom is -0.493 e. The number of aromatic nitrogens is 3. The average molecular weight is 684 g/mol. The van der Waals surface area contributed by atoms with E-state index in [1.165, 1.54) is 64.6 Å². The molecule has 0 unspecified atom stereocenters. The van der Waals surface area contributed by atoms with E-state index in [9.17, 15) is 18.4 Å². The van der Waals surface area contributed by atoms with Crippen LogP contribution in [0.2, 0.25) is 0 Å². The number of pyridine rings is 3. The van der Waals surface area contributed by atoms with Crippen LogP contribution in [0.25, 0.3) is 26.5 Å². The number of benzene rings is 2. The fourth-order valence-electron chi connectivity index (χ4n) is 5.46. The largest absolute Gasteiger partial charge is 0.493 e. The molecule has 248 valence electrons. The van der Waals surface area contributed by atoms with Crippen LogP contribution in [0.3, 0.4) is 0 Å². The summed E-state index contributed by atoms with van der Waals surface area (Å²) in [4.78, 5) is 38.7. The second-order valence-corrected chi connectivity index (χ2v) is 12.4. The second-order valence-electron chi connectivity index (χ2n) is 11.3. The number of rotatable bonds is 10. The van der Waals surface area contributed by atoms with E-state index in [0.717, 1.165) is 22.2 Å². The Morgan fingerprint density at radius 2 is 1.80 bits per heavy atom. The number of hydrogen-bond donors (Lipinski definition) is 1. The Morgan fingerprint density at radius 1 is 0.980 bits per heavy atom. The van der Waals surface area contributed by atoms with E-state index in [0.29, 0.717) is 41.3 Å². The van der Waals surface area contributed by atoms with Gasteiger partial charge in [-0.15, -0.1) is 11.3 Å². The average Bonchev–Trinajstić information content (AvgIpc) is 3.52. The Morgan fingerprint density at radius 3 is 2.51 bits per heavy atom. The molecule has 4 aromatic heterocycles. The number of anilines is 1. The summed E-state index contributed by atoms with van der Waals surface area (Å²) in [5.41, 5.74) is 1.84. The third-order valence-electron chi connectivity index (χ3n) is 7.87. The first-order chi connectivity index (χ1) is 23.7. The van der Waals surface area contributed by atoms with Gasteiger partial charge in [-0.05, 0) is 67.1 Å². The molecule has 1 aliphatic rings. The zero-order valence-corrected chi connectivity index (χ0v) is 26.8. The van der Waals surface area contributed by atoms with Gasteiger partial charge in [0.2, 0.25) is 0 Å². The van der Waals surface area contributed by atoms with Crippen molar-refractivity contribution in [3.63, 3.8) is 0 Å². The van der Waals surface area contributed by atoms with Crippen molar-refractivity contribution in [1.29, 1.82) is 0 Å². The summed E-state index contributed by atoms with van der Waals surface area (Å²) in [6.07, 6.45) is 4.02. The van der Waals surface area contributed by atoms with Crippen molar-refractivity contribution in [3.05, 3.63) is 125 Å². The number of nitrogens with zero attached hydrogens (tertiary/aromatic N) is 4. The molecule has 2 aromatic carbocycles. The van der Waals surface area contributed by atoms with Crippen LogP contribution in [-0.2, 0) is 6.54 Å². The van der Waals surface area contributed by atoms with Crippen molar-refractivity contribution in [2.24, 2.45) is 0 Å². The lowest BCUT2D eigenvalue weighted by atomic mass is 10.1. The van der Waals surface area contributed by atoms with E-state index in [4.69, 9.17) is 9.47 Å². The van der Waals surface area contributed by atoms with Crippen LogP contribution in [0.15, 0.2) is 96.2 Å². The number of alkyl halides is 1. The molecule has 0 radical (unpaired) electrons. The van der Waals surface area contributed by atoms with Gasteiger partial charge in [0.25, 0.3) is 11.5 Å². The fraction of sp³-hybridized carbons (Fsp3) is 0.167. The first-order valence-corrected chi connectivity index (χ1v) is 16.2. The third-order valence-corrected chi connectivity index (χ3v) is 9.03. The Balaban J connectivity index is 1.09. The molecule has 0 aliphatic carbocycles. The second kappa shape index (κ2) is 13.5. The van der Waals surface area contributed by atoms with Crippen molar-refractivity contribution >= 4 is 33.1 Å². The quantitative estimate of drug-likeness (QED) is 0.161. The van der Waals surface area contributed by atoms with Crippen molar-refractivity contribution in [3.8, 4) is 33.5 Å². The number of ether oxygens (including phenoxy) is 2. The van der Waals surface area contributed by atoms with Gasteiger partial charge in [-0.3, -0.25) is 29.0 Å². The van der Waals surface area contributed by atoms with Gasteiger partial charge >= 0.3 is 0 Å². The van der Waals surface area contributed by atoms with E-state index in [1.807, 2.05) is 23.1 Å². The van der Waals surface area contributed by atoms with Crippen LogP contribution in [0, 0.1) is 11.6 Å². The molecule has 1 amide bonds. The number of carbonyl (C=O) groups is 1. The SMILES string of the molecule is CCOc1ccn(-c2ccc(F)cc2)c(=O)c1C(=O)Nc1ccc(Oc2ccnc3cc(-c4ccc(CN5CC(F)C5)cn4)sc23)c(F)c1. The Kier molecular flexibility index (Phi) is 8.85. The zero-order chi connectivity index (χ0) is 34.1. The maximum atomic E-state index is 15.4. The highest BCUT2D eigenvalue weighted by Gasteiger charge is 2.26. The number of hydrogen-bond acceptors (Lipinski definition) is 8. The van der Waals surface area contributed by atoms with Gasteiger partial charge in [-0.2, -0.15) is 0 Å². The summed E-state index contributed by atoms with van der Waals surface area (Å²) in [6, 6.07) is 18.0. The highest BCUT2D eigenvalue weighted by atomic mass is 32.1. The maximum absolute atomic E-state index is 15.4. The molecule has 49 heavy (non-hydrogen) atoms. The lowest BCUT2D eigenvalue weighted by Gasteiger charge is -2.34. The molecule has 9 nitrogen and oxygen atoms in total. The van der Waals surface area contributed by atoms with Crippen LogP contribution in [0.4, 0.5) is 18.9 Å². The molecule has 0 atom stereocenters. The van der Waals surface area contributed by atoms with Crippen LogP contribution >= 0.6 is 11.3 Å². The monoisotopic (exact) mass is 683 g/mol. The molecule has 0 saturated carbocycles. The summed E-state index contributed by atoms with van der Waals surface area (Å²) in [6.45, 7) is 3.43. The van der Waals surface area contributed by atoms with Gasteiger partial charge in [-0.25, -0.2) is 13.2 Å². The standard InChI is InChI=1S/C36H28F3N5O4S/c1-2-47-30-12-14-44(25-7-4-22(37)5-8-25)36(46)33(30)35(45)42-24-6-10-29(26(39)15-24)48-31-11-13-40-28-16-32(49-34(28)31)27-9-3-21(17-41-27)18-43-19-23(38)20-43/h3-17,23H,2,18-20H2,1H3,(H,42,45). The first-order valence-electron chi connectivity index (χ1n) is 15.4. The van der Waals surface area contributed by atoms with E-state index < -0.39 is 29.3 Å². The summed E-state index contributed by atoms with van der Waals surface area (Å²) in [5, 5.41) is 2.57. The molecule has 1 fully saturated rings. The Labute approximate surface area is 282 Å². The highest BCUT2D eigenvalue weighted by molar-refractivity contribution is 7.22. The lowest BCUT2D eigenvalue weighted by Crippen LogP contribution is -2.47. The number of nitrogens with one attached hydrogen (secondary N) is 1. The predicted molar refractivity (Wildman–Crippen MR) is 181 cm³/mol. The van der Waals surface area contributed by atoms with E-state index >= 15 is 4.39 Å². The van der Waals surface area contributed by atoms with E-state index in [-0.39, 0.29) is 29.4 Å². The predicted octanol–water partition coefficient (Wildman–Crippen LogP) is 7.38. The lowest BCUT2D eigenvalue weighted by molar-refractivity contribution is 0.0590. The molecule has 1 saturated heterocycles. The summed E-state index contributed by atoms with van der Waals surface area (Å²) < 4.78 is 55.4. The van der Waals surface area contributed by atoms with Gasteiger partial charge in [0.1, 0.15) is 29.1 Å². The molecular weight excluding hydrogens is 655 g/mol. The summed E-state index contributed by atoms with van der Waals surface area (Å²) in [5.74, 6) is -1.68. The maximum Gasteiger partial charge on any atom is 0.271 e. The first kappa shape index (κ1) is 32.0. The van der Waals surface area contributed by atoms with E-state index in [1.54, 1.807) is 25.4 Å². The number of fused-ring (bicyclic) bond motifs is 1. The molecule has 1 aliphatic heterocycles. The zero-order valence-electron chi connectivity index (χ0n) is 26.0. The van der Waals surface area contributed by atoms with Crippen molar-refractivity contribution in [1.82, 2.24) is 19.4 Å². The molecular formula is C36H28F3N5O4S. The van der Waals surface area contributed by atoms with Crippen LogP contribution in [0.5, 0.6) is 17.2 Å². The minimum atomic E-state index is -0.810. The highest BCUT2D eigenvalue weighted by Crippen LogP contribution is 2.39. The Bertz CT molecular complexity index is 2220. The Hall–Kier alpha value is -5.53. The fourth-order valence-corrected chi connectivity index (χ4v) is 6.50. The molecule has 13 heteroatoms. The number of amides is 1. The number of likely N-dealkylation sites (tertiary alicyclic amines) is 1. The number of thiophene rings is 1. The van der Waals surface area contributed by atoms with Gasteiger partial charge in [0, 0.05) is 61.7 Å². The smallest absolute Gasteiger partial charge is 0.271 e. The normalized spacial score (nSPS) is 13.3. The third kappa shape index (κ3) is 6.76. The van der Waals surface area contributed by atoms with Crippen LogP contribution in [0.1, 0.15) is 22.8 Å².